The van der Waals surface area contributed by atoms with Crippen LogP contribution in [-0.2, 0) is 0 Å². The minimum atomic E-state index is -0.260. The molecule has 22 heavy (non-hydrogen) atoms. The maximum atomic E-state index is 14.4. The van der Waals surface area contributed by atoms with Crippen LogP contribution in [0.2, 0.25) is 0 Å². The van der Waals surface area contributed by atoms with Gasteiger partial charge in [-0.25, -0.2) is 4.39 Å². The zero-order valence-electron chi connectivity index (χ0n) is 12.7. The summed E-state index contributed by atoms with van der Waals surface area (Å²) in [7, 11) is 2.10. The molecule has 1 heterocycles. The van der Waals surface area contributed by atoms with Gasteiger partial charge in [0.1, 0.15) is 11.6 Å². The summed E-state index contributed by atoms with van der Waals surface area (Å²) in [6.45, 7) is 1.95. The van der Waals surface area contributed by atoms with Crippen molar-refractivity contribution in [1.82, 2.24) is 4.90 Å². The molecule has 0 atom stereocenters. The average Bonchev–Trinajstić information content (AvgIpc) is 2.53. The van der Waals surface area contributed by atoms with E-state index in [0.717, 1.165) is 25.9 Å². The number of halogens is 1. The third kappa shape index (κ3) is 2.92. The molecule has 1 aliphatic heterocycles. The molecule has 0 unspecified atom stereocenters. The molecule has 2 aromatic carbocycles. The fourth-order valence-corrected chi connectivity index (χ4v) is 3.09. The topological polar surface area (TPSA) is 26.7 Å². The summed E-state index contributed by atoms with van der Waals surface area (Å²) >= 11 is 0. The number of likely N-dealkylation sites (tertiary alicyclic amines) is 1. The Bertz CT molecular complexity index is 593. The van der Waals surface area contributed by atoms with Crippen LogP contribution in [0.1, 0.15) is 12.8 Å². The highest BCUT2D eigenvalue weighted by atomic mass is 19.1. The highest BCUT2D eigenvalue weighted by Gasteiger charge is 2.27. The van der Waals surface area contributed by atoms with Crippen molar-refractivity contribution in [2.75, 3.05) is 25.0 Å². The second-order valence-electron chi connectivity index (χ2n) is 5.84. The lowest BCUT2D eigenvalue weighted by atomic mass is 10.0. The number of phenols is 1. The number of benzene rings is 2. The number of hydrogen-bond acceptors (Lipinski definition) is 3. The molecule has 3 rings (SSSR count). The molecular weight excluding hydrogens is 279 g/mol. The van der Waals surface area contributed by atoms with E-state index in [1.54, 1.807) is 24.3 Å². The van der Waals surface area contributed by atoms with Crippen LogP contribution >= 0.6 is 0 Å². The molecule has 2 aromatic rings. The Labute approximate surface area is 130 Å². The van der Waals surface area contributed by atoms with Crippen molar-refractivity contribution >= 4 is 11.4 Å². The molecule has 0 spiro atoms. The first kappa shape index (κ1) is 14.9. The van der Waals surface area contributed by atoms with Gasteiger partial charge < -0.3 is 14.9 Å². The number of hydrogen-bond donors (Lipinski definition) is 1. The second kappa shape index (κ2) is 6.36. The number of aromatic hydroxyl groups is 1. The molecule has 1 saturated heterocycles. The van der Waals surface area contributed by atoms with Crippen molar-refractivity contribution in [3.63, 3.8) is 0 Å². The van der Waals surface area contributed by atoms with Crippen LogP contribution in [0.25, 0.3) is 0 Å². The van der Waals surface area contributed by atoms with E-state index in [1.165, 1.54) is 6.07 Å². The first-order valence-electron chi connectivity index (χ1n) is 7.67. The van der Waals surface area contributed by atoms with E-state index < -0.39 is 0 Å². The smallest absolute Gasteiger partial charge is 0.146 e. The predicted octanol–water partition coefficient (Wildman–Crippen LogP) is 3.76. The van der Waals surface area contributed by atoms with E-state index in [0.29, 0.717) is 11.4 Å². The fraction of sp³-hybridized carbons (Fsp3) is 0.333. The van der Waals surface area contributed by atoms with Gasteiger partial charge >= 0.3 is 0 Å². The maximum Gasteiger partial charge on any atom is 0.146 e. The first-order chi connectivity index (χ1) is 10.7. The zero-order chi connectivity index (χ0) is 15.5. The molecule has 1 fully saturated rings. The standard InChI is InChI=1S/C18H21FN2O/c1-20-12-10-14(11-13-20)21(16-7-3-2-6-15(16)19)17-8-4-5-9-18(17)22/h2-9,14,22H,10-13H2,1H3. The van der Waals surface area contributed by atoms with Crippen LogP contribution < -0.4 is 4.90 Å². The Kier molecular flexibility index (Phi) is 4.29. The molecule has 0 radical (unpaired) electrons. The molecule has 4 heteroatoms. The zero-order valence-corrected chi connectivity index (χ0v) is 12.7. The van der Waals surface area contributed by atoms with E-state index in [9.17, 15) is 9.50 Å². The van der Waals surface area contributed by atoms with Crippen molar-refractivity contribution in [3.05, 3.63) is 54.3 Å². The van der Waals surface area contributed by atoms with Crippen LogP contribution in [0.3, 0.4) is 0 Å². The first-order valence-corrected chi connectivity index (χ1v) is 7.67. The highest BCUT2D eigenvalue weighted by Crippen LogP contribution is 2.38. The summed E-state index contributed by atoms with van der Waals surface area (Å²) in [5.74, 6) is -0.0747. The molecule has 0 bridgehead atoms. The normalized spacial score (nSPS) is 16.6. The Morgan fingerprint density at radius 2 is 1.59 bits per heavy atom. The predicted molar refractivity (Wildman–Crippen MR) is 87.2 cm³/mol. The van der Waals surface area contributed by atoms with Gasteiger partial charge in [-0.3, -0.25) is 0 Å². The number of para-hydroxylation sites is 3. The molecule has 0 saturated carbocycles. The molecule has 0 aliphatic carbocycles. The SMILES string of the molecule is CN1CCC(N(c2ccccc2O)c2ccccc2F)CC1. The molecule has 1 aliphatic rings. The lowest BCUT2D eigenvalue weighted by Crippen LogP contribution is -2.42. The Morgan fingerprint density at radius 3 is 2.23 bits per heavy atom. The van der Waals surface area contributed by atoms with Crippen molar-refractivity contribution in [2.24, 2.45) is 0 Å². The lowest BCUT2D eigenvalue weighted by Gasteiger charge is -2.39. The Morgan fingerprint density at radius 1 is 1.00 bits per heavy atom. The molecule has 3 nitrogen and oxygen atoms in total. The van der Waals surface area contributed by atoms with E-state index in [1.807, 2.05) is 23.1 Å². The third-order valence-corrected chi connectivity index (χ3v) is 4.31. The number of anilines is 2. The number of phenolic OH excluding ortho intramolecular Hbond substituents is 1. The van der Waals surface area contributed by atoms with Crippen LogP contribution in [0.5, 0.6) is 5.75 Å². The molecular formula is C18H21FN2O. The molecule has 116 valence electrons. The van der Waals surface area contributed by atoms with E-state index in [-0.39, 0.29) is 17.6 Å². The van der Waals surface area contributed by atoms with Crippen molar-refractivity contribution < 1.29 is 9.50 Å². The van der Waals surface area contributed by atoms with Gasteiger partial charge in [0.05, 0.1) is 11.4 Å². The molecule has 1 N–H and O–H groups in total. The van der Waals surface area contributed by atoms with Gasteiger partial charge in [0.15, 0.2) is 0 Å². The van der Waals surface area contributed by atoms with Gasteiger partial charge in [-0.05, 0) is 57.2 Å². The van der Waals surface area contributed by atoms with E-state index >= 15 is 0 Å². The lowest BCUT2D eigenvalue weighted by molar-refractivity contribution is 0.254. The summed E-state index contributed by atoms with van der Waals surface area (Å²) in [5.41, 5.74) is 1.20. The maximum absolute atomic E-state index is 14.4. The highest BCUT2D eigenvalue weighted by molar-refractivity contribution is 5.70. The summed E-state index contributed by atoms with van der Waals surface area (Å²) in [6, 6.07) is 14.1. The number of nitrogens with zero attached hydrogens (tertiary/aromatic N) is 2. The van der Waals surface area contributed by atoms with Crippen LogP contribution in [-0.4, -0.2) is 36.2 Å². The molecule has 0 aromatic heterocycles. The van der Waals surface area contributed by atoms with Gasteiger partial charge in [0.2, 0.25) is 0 Å². The summed E-state index contributed by atoms with van der Waals surface area (Å²) in [6.07, 6.45) is 1.89. The summed E-state index contributed by atoms with van der Waals surface area (Å²) in [4.78, 5) is 4.23. The van der Waals surface area contributed by atoms with Gasteiger partial charge in [-0.1, -0.05) is 24.3 Å². The van der Waals surface area contributed by atoms with E-state index in [4.69, 9.17) is 0 Å². The van der Waals surface area contributed by atoms with E-state index in [2.05, 4.69) is 11.9 Å². The fourth-order valence-electron chi connectivity index (χ4n) is 3.09. The number of rotatable bonds is 3. The second-order valence-corrected chi connectivity index (χ2v) is 5.84. The van der Waals surface area contributed by atoms with Gasteiger partial charge in [-0.2, -0.15) is 0 Å². The van der Waals surface area contributed by atoms with Crippen LogP contribution in [0, 0.1) is 5.82 Å². The summed E-state index contributed by atoms with van der Waals surface area (Å²) in [5, 5.41) is 10.2. The molecule has 0 amide bonds. The van der Waals surface area contributed by atoms with Crippen LogP contribution in [0.4, 0.5) is 15.8 Å². The number of piperidine rings is 1. The van der Waals surface area contributed by atoms with Gasteiger partial charge in [0.25, 0.3) is 0 Å². The third-order valence-electron chi connectivity index (χ3n) is 4.31. The minimum Gasteiger partial charge on any atom is -0.506 e. The van der Waals surface area contributed by atoms with Crippen molar-refractivity contribution in [2.45, 2.75) is 18.9 Å². The van der Waals surface area contributed by atoms with Gasteiger partial charge in [0, 0.05) is 6.04 Å². The minimum absolute atomic E-state index is 0.182. The Balaban J connectivity index is 2.03. The average molecular weight is 300 g/mol. The summed E-state index contributed by atoms with van der Waals surface area (Å²) < 4.78 is 14.4. The van der Waals surface area contributed by atoms with Crippen molar-refractivity contribution in [3.8, 4) is 5.75 Å². The Hall–Kier alpha value is -2.07. The van der Waals surface area contributed by atoms with Crippen molar-refractivity contribution in [1.29, 1.82) is 0 Å². The van der Waals surface area contributed by atoms with Gasteiger partial charge in [-0.15, -0.1) is 0 Å². The monoisotopic (exact) mass is 300 g/mol. The van der Waals surface area contributed by atoms with Crippen LogP contribution in [0.15, 0.2) is 48.5 Å². The largest absolute Gasteiger partial charge is 0.506 e. The quantitative estimate of drug-likeness (QED) is 0.935.